The molecule has 0 spiro atoms. The van der Waals surface area contributed by atoms with Gasteiger partial charge in [-0.3, -0.25) is 14.9 Å². The van der Waals surface area contributed by atoms with Crippen molar-refractivity contribution in [3.05, 3.63) is 64.2 Å². The molecule has 8 nitrogen and oxygen atoms in total. The Balaban J connectivity index is 2.03. The van der Waals surface area contributed by atoms with Crippen LogP contribution in [0.3, 0.4) is 0 Å². The quantitative estimate of drug-likeness (QED) is 0.478. The molecule has 1 amide bonds. The lowest BCUT2D eigenvalue weighted by atomic mass is 10.1. The summed E-state index contributed by atoms with van der Waals surface area (Å²) in [5.41, 5.74) is 0.688. The van der Waals surface area contributed by atoms with E-state index in [-0.39, 0.29) is 11.3 Å². The molecule has 2 N–H and O–H groups in total. The lowest BCUT2D eigenvalue weighted by Gasteiger charge is -2.09. The number of nitro benzene ring substituents is 1. The number of esters is 1. The van der Waals surface area contributed by atoms with Crippen molar-refractivity contribution in [2.75, 3.05) is 24.3 Å². The molecule has 0 aromatic heterocycles. The van der Waals surface area contributed by atoms with Crippen LogP contribution in [0.25, 0.3) is 0 Å². The number of para-hydroxylation sites is 1. The maximum absolute atomic E-state index is 12.1. The third-order valence-electron chi connectivity index (χ3n) is 3.10. The van der Waals surface area contributed by atoms with E-state index >= 15 is 0 Å². The first-order valence-corrected chi connectivity index (χ1v) is 6.99. The predicted molar refractivity (Wildman–Crippen MR) is 88.0 cm³/mol. The standard InChI is InChI=1S/C16H15N3O5/c1-17-14-8-7-12(19(22)23)9-13(14)16(21)24-10-15(20)18-11-5-3-2-4-6-11/h2-9,17H,10H2,1H3,(H,18,20). The third-order valence-corrected chi connectivity index (χ3v) is 3.10. The first-order chi connectivity index (χ1) is 11.5. The molecule has 2 rings (SSSR count). The number of ether oxygens (including phenoxy) is 1. The maximum Gasteiger partial charge on any atom is 0.341 e. The predicted octanol–water partition coefficient (Wildman–Crippen LogP) is 2.43. The molecule has 0 saturated heterocycles. The van der Waals surface area contributed by atoms with Gasteiger partial charge in [-0.05, 0) is 18.2 Å². The molecule has 0 unspecified atom stereocenters. The van der Waals surface area contributed by atoms with Crippen molar-refractivity contribution in [2.24, 2.45) is 0 Å². The van der Waals surface area contributed by atoms with Crippen molar-refractivity contribution in [3.8, 4) is 0 Å². The van der Waals surface area contributed by atoms with Gasteiger partial charge in [0.15, 0.2) is 6.61 Å². The highest BCUT2D eigenvalue weighted by atomic mass is 16.6. The van der Waals surface area contributed by atoms with Crippen molar-refractivity contribution >= 4 is 28.9 Å². The van der Waals surface area contributed by atoms with Crippen molar-refractivity contribution in [3.63, 3.8) is 0 Å². The number of amides is 1. The molecule has 0 aliphatic carbocycles. The van der Waals surface area contributed by atoms with Gasteiger partial charge in [-0.2, -0.15) is 0 Å². The molecule has 0 saturated carbocycles. The number of carbonyl (C=O) groups excluding carboxylic acids is 2. The van der Waals surface area contributed by atoms with E-state index in [1.165, 1.54) is 12.1 Å². The van der Waals surface area contributed by atoms with Crippen LogP contribution < -0.4 is 10.6 Å². The molecule has 124 valence electrons. The zero-order valence-corrected chi connectivity index (χ0v) is 12.8. The van der Waals surface area contributed by atoms with E-state index in [0.717, 1.165) is 6.07 Å². The largest absolute Gasteiger partial charge is 0.452 e. The summed E-state index contributed by atoms with van der Waals surface area (Å²) in [7, 11) is 1.57. The Morgan fingerprint density at radius 2 is 1.88 bits per heavy atom. The van der Waals surface area contributed by atoms with Gasteiger partial charge in [0.2, 0.25) is 0 Å². The second-order valence-corrected chi connectivity index (χ2v) is 4.73. The average Bonchev–Trinajstić information content (AvgIpc) is 2.59. The molecular formula is C16H15N3O5. The van der Waals surface area contributed by atoms with Crippen LogP contribution in [0.5, 0.6) is 0 Å². The summed E-state index contributed by atoms with van der Waals surface area (Å²) in [6, 6.07) is 12.5. The van der Waals surface area contributed by atoms with Gasteiger partial charge in [-0.1, -0.05) is 18.2 Å². The lowest BCUT2D eigenvalue weighted by molar-refractivity contribution is -0.384. The summed E-state index contributed by atoms with van der Waals surface area (Å²) < 4.78 is 4.93. The Morgan fingerprint density at radius 3 is 2.50 bits per heavy atom. The van der Waals surface area contributed by atoms with E-state index in [0.29, 0.717) is 11.4 Å². The SMILES string of the molecule is CNc1ccc([N+](=O)[O-])cc1C(=O)OCC(=O)Nc1ccccc1. The second-order valence-electron chi connectivity index (χ2n) is 4.73. The zero-order chi connectivity index (χ0) is 17.5. The van der Waals surface area contributed by atoms with Crippen LogP contribution in [-0.4, -0.2) is 30.5 Å². The average molecular weight is 329 g/mol. The highest BCUT2D eigenvalue weighted by Gasteiger charge is 2.18. The van der Waals surface area contributed by atoms with Gasteiger partial charge in [0.1, 0.15) is 0 Å². The Kier molecular flexibility index (Phi) is 5.45. The smallest absolute Gasteiger partial charge is 0.341 e. The maximum atomic E-state index is 12.1. The van der Waals surface area contributed by atoms with Gasteiger partial charge in [-0.15, -0.1) is 0 Å². The summed E-state index contributed by atoms with van der Waals surface area (Å²) in [6.07, 6.45) is 0. The Labute approximate surface area is 137 Å². The summed E-state index contributed by atoms with van der Waals surface area (Å²) in [5.74, 6) is -1.34. The first kappa shape index (κ1) is 16.9. The summed E-state index contributed by atoms with van der Waals surface area (Å²) in [5, 5.41) is 16.1. The topological polar surface area (TPSA) is 111 Å². The highest BCUT2D eigenvalue weighted by Crippen LogP contribution is 2.22. The van der Waals surface area contributed by atoms with Crippen LogP contribution in [0.2, 0.25) is 0 Å². The second kappa shape index (κ2) is 7.73. The minimum atomic E-state index is -0.828. The van der Waals surface area contributed by atoms with Crippen LogP contribution in [0, 0.1) is 10.1 Å². The van der Waals surface area contributed by atoms with Crippen molar-refractivity contribution in [1.29, 1.82) is 0 Å². The van der Waals surface area contributed by atoms with Crippen molar-refractivity contribution in [1.82, 2.24) is 0 Å². The van der Waals surface area contributed by atoms with Crippen LogP contribution >= 0.6 is 0 Å². The minimum Gasteiger partial charge on any atom is -0.452 e. The summed E-state index contributed by atoms with van der Waals surface area (Å²) in [6.45, 7) is -0.500. The van der Waals surface area contributed by atoms with E-state index in [1.54, 1.807) is 37.4 Å². The number of nitro groups is 1. The molecular weight excluding hydrogens is 314 g/mol. The molecule has 0 aliphatic heterocycles. The fraction of sp³-hybridized carbons (Fsp3) is 0.125. The Morgan fingerprint density at radius 1 is 1.17 bits per heavy atom. The molecule has 0 aliphatic rings. The minimum absolute atomic E-state index is 0.0146. The molecule has 8 heteroatoms. The number of non-ortho nitro benzene ring substituents is 1. The highest BCUT2D eigenvalue weighted by molar-refractivity contribution is 5.99. The van der Waals surface area contributed by atoms with Crippen molar-refractivity contribution < 1.29 is 19.2 Å². The van der Waals surface area contributed by atoms with Crippen molar-refractivity contribution in [2.45, 2.75) is 0 Å². The summed E-state index contributed by atoms with van der Waals surface area (Å²) >= 11 is 0. The Bertz CT molecular complexity index is 762. The van der Waals surface area contributed by atoms with Gasteiger partial charge in [0, 0.05) is 30.6 Å². The molecule has 2 aromatic carbocycles. The molecule has 0 heterocycles. The van der Waals surface area contributed by atoms with E-state index in [2.05, 4.69) is 10.6 Å². The van der Waals surface area contributed by atoms with Crippen LogP contribution in [0.1, 0.15) is 10.4 Å². The number of hydrogen-bond acceptors (Lipinski definition) is 6. The molecule has 2 aromatic rings. The van der Waals surface area contributed by atoms with Gasteiger partial charge < -0.3 is 15.4 Å². The molecule has 24 heavy (non-hydrogen) atoms. The third kappa shape index (κ3) is 4.29. The van der Waals surface area contributed by atoms with E-state index in [1.807, 2.05) is 0 Å². The Hall–Kier alpha value is -3.42. The molecule has 0 radical (unpaired) electrons. The fourth-order valence-electron chi connectivity index (χ4n) is 1.96. The monoisotopic (exact) mass is 329 g/mol. The fourth-order valence-corrected chi connectivity index (χ4v) is 1.96. The number of anilines is 2. The van der Waals surface area contributed by atoms with Crippen LogP contribution in [0.15, 0.2) is 48.5 Å². The number of carbonyl (C=O) groups is 2. The normalized spacial score (nSPS) is 9.88. The van der Waals surface area contributed by atoms with Gasteiger partial charge in [0.25, 0.3) is 11.6 Å². The molecule has 0 fully saturated rings. The van der Waals surface area contributed by atoms with Crippen LogP contribution in [0.4, 0.5) is 17.1 Å². The van der Waals surface area contributed by atoms with Gasteiger partial charge in [-0.25, -0.2) is 4.79 Å². The number of benzene rings is 2. The number of nitrogens with one attached hydrogen (secondary N) is 2. The molecule has 0 atom stereocenters. The number of rotatable bonds is 6. The number of nitrogens with zero attached hydrogens (tertiary/aromatic N) is 1. The summed E-state index contributed by atoms with van der Waals surface area (Å²) in [4.78, 5) is 34.1. The zero-order valence-electron chi connectivity index (χ0n) is 12.8. The van der Waals surface area contributed by atoms with E-state index < -0.39 is 23.4 Å². The first-order valence-electron chi connectivity index (χ1n) is 6.99. The van der Waals surface area contributed by atoms with E-state index in [4.69, 9.17) is 4.74 Å². The van der Waals surface area contributed by atoms with E-state index in [9.17, 15) is 19.7 Å². The lowest BCUT2D eigenvalue weighted by Crippen LogP contribution is -2.21. The van der Waals surface area contributed by atoms with Gasteiger partial charge >= 0.3 is 5.97 Å². The number of hydrogen-bond donors (Lipinski definition) is 2. The molecule has 0 bridgehead atoms. The van der Waals surface area contributed by atoms with Gasteiger partial charge in [0.05, 0.1) is 10.5 Å². The van der Waals surface area contributed by atoms with Crippen LogP contribution in [-0.2, 0) is 9.53 Å².